The molecule has 0 rings (SSSR count). The second-order valence-corrected chi connectivity index (χ2v) is 6.00. The van der Waals surface area contributed by atoms with Crippen molar-refractivity contribution in [3.05, 3.63) is 0 Å². The first kappa shape index (κ1) is 17.8. The standard InChI is InChI=1S/C13H30N2O3/c1-10(14)8-12(3,4)17-7-6-13(5,16)18-9-11(2)15/h10-11,16H,6-9,14-15H2,1-5H3. The van der Waals surface area contributed by atoms with Crippen LogP contribution in [0.1, 0.15) is 47.5 Å². The Morgan fingerprint density at radius 3 is 2.06 bits per heavy atom. The molecule has 0 bridgehead atoms. The molecule has 0 spiro atoms. The molecule has 110 valence electrons. The lowest BCUT2D eigenvalue weighted by molar-refractivity contribution is -0.206. The van der Waals surface area contributed by atoms with E-state index in [1.807, 2.05) is 27.7 Å². The van der Waals surface area contributed by atoms with E-state index in [0.29, 0.717) is 19.6 Å². The monoisotopic (exact) mass is 262 g/mol. The number of hydrogen-bond acceptors (Lipinski definition) is 5. The fourth-order valence-corrected chi connectivity index (χ4v) is 1.73. The maximum Gasteiger partial charge on any atom is 0.164 e. The minimum atomic E-state index is -1.20. The summed E-state index contributed by atoms with van der Waals surface area (Å²) in [6.45, 7) is 10.1. The molecule has 0 aromatic rings. The Labute approximate surface area is 111 Å². The molecule has 0 saturated heterocycles. The number of ether oxygens (including phenoxy) is 2. The summed E-state index contributed by atoms with van der Waals surface area (Å²) in [7, 11) is 0. The van der Waals surface area contributed by atoms with Crippen molar-refractivity contribution in [3.63, 3.8) is 0 Å². The van der Waals surface area contributed by atoms with Gasteiger partial charge in [0.15, 0.2) is 5.79 Å². The van der Waals surface area contributed by atoms with Crippen molar-refractivity contribution in [1.29, 1.82) is 0 Å². The predicted molar refractivity (Wildman–Crippen MR) is 73.1 cm³/mol. The Morgan fingerprint density at radius 2 is 1.61 bits per heavy atom. The summed E-state index contributed by atoms with van der Waals surface area (Å²) in [5, 5.41) is 9.96. The van der Waals surface area contributed by atoms with Gasteiger partial charge in [-0.15, -0.1) is 0 Å². The molecule has 0 aliphatic carbocycles. The lowest BCUT2D eigenvalue weighted by Gasteiger charge is -2.30. The normalized spacial score (nSPS) is 19.3. The molecule has 5 nitrogen and oxygen atoms in total. The summed E-state index contributed by atoms with van der Waals surface area (Å²) < 4.78 is 11.0. The highest BCUT2D eigenvalue weighted by Gasteiger charge is 2.25. The SMILES string of the molecule is CC(N)COC(C)(O)CCOC(C)(C)CC(C)N. The van der Waals surface area contributed by atoms with Crippen molar-refractivity contribution < 1.29 is 14.6 Å². The minimum Gasteiger partial charge on any atom is -0.375 e. The predicted octanol–water partition coefficient (Wildman–Crippen LogP) is 0.981. The Bertz CT molecular complexity index is 228. The lowest BCUT2D eigenvalue weighted by Crippen LogP contribution is -2.37. The summed E-state index contributed by atoms with van der Waals surface area (Å²) in [6, 6.07) is 0.00164. The molecule has 3 unspecified atom stereocenters. The second-order valence-electron chi connectivity index (χ2n) is 6.00. The lowest BCUT2D eigenvalue weighted by atomic mass is 10.0. The van der Waals surface area contributed by atoms with Gasteiger partial charge in [0.2, 0.25) is 0 Å². The molecule has 0 saturated carbocycles. The zero-order valence-corrected chi connectivity index (χ0v) is 12.4. The third kappa shape index (κ3) is 9.79. The first-order valence-corrected chi connectivity index (χ1v) is 6.55. The van der Waals surface area contributed by atoms with E-state index in [2.05, 4.69) is 0 Å². The van der Waals surface area contributed by atoms with Gasteiger partial charge in [0.25, 0.3) is 0 Å². The largest absolute Gasteiger partial charge is 0.375 e. The number of rotatable bonds is 9. The zero-order valence-electron chi connectivity index (χ0n) is 12.4. The van der Waals surface area contributed by atoms with Gasteiger partial charge in [0, 0.05) is 18.5 Å². The molecule has 0 fully saturated rings. The molecule has 18 heavy (non-hydrogen) atoms. The van der Waals surface area contributed by atoms with Gasteiger partial charge in [0.05, 0.1) is 18.8 Å². The molecular weight excluding hydrogens is 232 g/mol. The summed E-state index contributed by atoms with van der Waals surface area (Å²) in [5.74, 6) is -1.20. The molecule has 0 aromatic carbocycles. The Balaban J connectivity index is 3.94. The molecule has 0 aliphatic heterocycles. The van der Waals surface area contributed by atoms with E-state index in [-0.39, 0.29) is 17.7 Å². The van der Waals surface area contributed by atoms with E-state index in [4.69, 9.17) is 20.9 Å². The van der Waals surface area contributed by atoms with Crippen LogP contribution < -0.4 is 11.5 Å². The molecule has 0 aromatic heterocycles. The molecule has 5 N–H and O–H groups in total. The fourth-order valence-electron chi connectivity index (χ4n) is 1.73. The van der Waals surface area contributed by atoms with Crippen molar-refractivity contribution in [2.75, 3.05) is 13.2 Å². The fraction of sp³-hybridized carbons (Fsp3) is 1.00. The summed E-state index contributed by atoms with van der Waals surface area (Å²) in [5.41, 5.74) is 11.0. The van der Waals surface area contributed by atoms with E-state index in [1.165, 1.54) is 0 Å². The molecule has 0 amide bonds. The van der Waals surface area contributed by atoms with Crippen LogP contribution in [0.15, 0.2) is 0 Å². The molecular formula is C13H30N2O3. The zero-order chi connectivity index (χ0) is 14.4. The van der Waals surface area contributed by atoms with Crippen molar-refractivity contribution in [2.45, 2.75) is 70.9 Å². The van der Waals surface area contributed by atoms with Crippen LogP contribution in [0.25, 0.3) is 0 Å². The number of hydrogen-bond donors (Lipinski definition) is 3. The van der Waals surface area contributed by atoms with Gasteiger partial charge in [-0.1, -0.05) is 0 Å². The van der Waals surface area contributed by atoms with E-state index in [0.717, 1.165) is 6.42 Å². The Morgan fingerprint density at radius 1 is 1.06 bits per heavy atom. The second kappa shape index (κ2) is 7.40. The van der Waals surface area contributed by atoms with Gasteiger partial charge in [-0.05, 0) is 41.0 Å². The van der Waals surface area contributed by atoms with Crippen molar-refractivity contribution >= 4 is 0 Å². The maximum absolute atomic E-state index is 9.96. The van der Waals surface area contributed by atoms with Crippen LogP contribution >= 0.6 is 0 Å². The van der Waals surface area contributed by atoms with Gasteiger partial charge < -0.3 is 26.0 Å². The van der Waals surface area contributed by atoms with Crippen LogP contribution in [0.3, 0.4) is 0 Å². The highest BCUT2D eigenvalue weighted by atomic mass is 16.6. The van der Waals surface area contributed by atoms with Crippen LogP contribution in [0.5, 0.6) is 0 Å². The van der Waals surface area contributed by atoms with Gasteiger partial charge in [0.1, 0.15) is 0 Å². The Kier molecular flexibility index (Phi) is 7.32. The van der Waals surface area contributed by atoms with Gasteiger partial charge >= 0.3 is 0 Å². The smallest absolute Gasteiger partial charge is 0.164 e. The first-order chi connectivity index (χ1) is 8.04. The van der Waals surface area contributed by atoms with Crippen LogP contribution in [0, 0.1) is 0 Å². The van der Waals surface area contributed by atoms with Gasteiger partial charge in [-0.25, -0.2) is 0 Å². The highest BCUT2D eigenvalue weighted by Crippen LogP contribution is 2.19. The molecule has 5 heteroatoms. The number of aliphatic hydroxyl groups is 1. The van der Waals surface area contributed by atoms with Crippen LogP contribution in [-0.2, 0) is 9.47 Å². The van der Waals surface area contributed by atoms with E-state index < -0.39 is 5.79 Å². The van der Waals surface area contributed by atoms with Crippen LogP contribution in [0.2, 0.25) is 0 Å². The average molecular weight is 262 g/mol. The van der Waals surface area contributed by atoms with Crippen molar-refractivity contribution in [1.82, 2.24) is 0 Å². The first-order valence-electron chi connectivity index (χ1n) is 6.55. The van der Waals surface area contributed by atoms with Crippen LogP contribution in [-0.4, -0.2) is 41.8 Å². The minimum absolute atomic E-state index is 0.0908. The summed E-state index contributed by atoms with van der Waals surface area (Å²) in [6.07, 6.45) is 1.18. The maximum atomic E-state index is 9.96. The van der Waals surface area contributed by atoms with E-state index in [9.17, 15) is 5.11 Å². The van der Waals surface area contributed by atoms with E-state index >= 15 is 0 Å². The van der Waals surface area contributed by atoms with Crippen molar-refractivity contribution in [3.8, 4) is 0 Å². The van der Waals surface area contributed by atoms with E-state index in [1.54, 1.807) is 6.92 Å². The molecule has 0 heterocycles. The molecule has 3 atom stereocenters. The van der Waals surface area contributed by atoms with Crippen LogP contribution in [0.4, 0.5) is 0 Å². The average Bonchev–Trinajstić information content (AvgIpc) is 2.12. The highest BCUT2D eigenvalue weighted by molar-refractivity contribution is 4.74. The molecule has 0 aliphatic rings. The number of nitrogens with two attached hydrogens (primary N) is 2. The summed E-state index contributed by atoms with van der Waals surface area (Å²) >= 11 is 0. The topological polar surface area (TPSA) is 90.7 Å². The Hall–Kier alpha value is -0.200. The van der Waals surface area contributed by atoms with Gasteiger partial charge in [-0.3, -0.25) is 0 Å². The quantitative estimate of drug-likeness (QED) is 0.539. The third-order valence-corrected chi connectivity index (χ3v) is 2.53. The summed E-state index contributed by atoms with van der Waals surface area (Å²) in [4.78, 5) is 0. The van der Waals surface area contributed by atoms with Crippen molar-refractivity contribution in [2.24, 2.45) is 11.5 Å². The molecule has 0 radical (unpaired) electrons. The van der Waals surface area contributed by atoms with Gasteiger partial charge in [-0.2, -0.15) is 0 Å². The third-order valence-electron chi connectivity index (χ3n) is 2.53.